The molecule has 0 spiro atoms. The van der Waals surface area contributed by atoms with Gasteiger partial charge >= 0.3 is 5.97 Å². The molecule has 1 rings (SSSR count). The van der Waals surface area contributed by atoms with Crippen molar-refractivity contribution in [1.82, 2.24) is 10.6 Å². The maximum atomic E-state index is 12.7. The number of ether oxygens (including phenoxy) is 1. The number of amides is 2. The van der Waals surface area contributed by atoms with E-state index in [1.165, 1.54) is 12.6 Å². The number of benzene rings is 1. The fourth-order valence-corrected chi connectivity index (χ4v) is 3.25. The van der Waals surface area contributed by atoms with Gasteiger partial charge in [0.15, 0.2) is 0 Å². The van der Waals surface area contributed by atoms with Crippen LogP contribution in [0.3, 0.4) is 0 Å². The van der Waals surface area contributed by atoms with Crippen molar-refractivity contribution in [2.24, 2.45) is 11.3 Å². The molecule has 174 valence electrons. The number of aliphatic carboxylic acids is 1. The van der Waals surface area contributed by atoms with Gasteiger partial charge in [-0.25, -0.2) is 0 Å². The second kappa shape index (κ2) is 12.3. The summed E-state index contributed by atoms with van der Waals surface area (Å²) in [4.78, 5) is 36.2. The zero-order valence-electron chi connectivity index (χ0n) is 19.7. The molecule has 0 heterocycles. The summed E-state index contributed by atoms with van der Waals surface area (Å²) in [7, 11) is 1.51. The summed E-state index contributed by atoms with van der Waals surface area (Å²) >= 11 is 0. The predicted octanol–water partition coefficient (Wildman–Crippen LogP) is 3.73. The molecule has 2 amide bonds. The SMILES string of the molecule is CNC(=O)[C@@H](NC(=O)[C@H](CCCCOc1ccc(C(C)C)cc1)CC(=O)O)C(C)(C)C. The summed E-state index contributed by atoms with van der Waals surface area (Å²) in [5.41, 5.74) is 0.753. The first-order valence-electron chi connectivity index (χ1n) is 10.9. The number of nitrogens with one attached hydrogen (secondary N) is 2. The second-order valence-electron chi connectivity index (χ2n) is 9.28. The third-order valence-electron chi connectivity index (χ3n) is 5.22. The molecule has 1 aromatic rings. The maximum Gasteiger partial charge on any atom is 0.304 e. The molecule has 0 unspecified atom stereocenters. The highest BCUT2D eigenvalue weighted by atomic mass is 16.5. The van der Waals surface area contributed by atoms with Crippen molar-refractivity contribution < 1.29 is 24.2 Å². The lowest BCUT2D eigenvalue weighted by Gasteiger charge is -2.31. The molecular weight excluding hydrogens is 396 g/mol. The van der Waals surface area contributed by atoms with E-state index in [-0.39, 0.29) is 12.3 Å². The van der Waals surface area contributed by atoms with Crippen LogP contribution in [0.5, 0.6) is 5.75 Å². The van der Waals surface area contributed by atoms with Crippen molar-refractivity contribution in [2.75, 3.05) is 13.7 Å². The van der Waals surface area contributed by atoms with Crippen LogP contribution >= 0.6 is 0 Å². The average Bonchev–Trinajstić information content (AvgIpc) is 2.69. The van der Waals surface area contributed by atoms with Gasteiger partial charge in [0.05, 0.1) is 13.0 Å². The normalized spacial score (nSPS) is 13.4. The standard InChI is InChI=1S/C24H38N2O5/c1-16(2)17-10-12-19(13-11-17)31-14-8-7-9-18(15-20(27)28)22(29)26-21(23(30)25-6)24(3,4)5/h10-13,16,18,21H,7-9,14-15H2,1-6H3,(H,25,30)(H,26,29)(H,27,28)/t18-,21-/m1/s1. The highest BCUT2D eigenvalue weighted by molar-refractivity contribution is 5.90. The van der Waals surface area contributed by atoms with Gasteiger partial charge in [0.2, 0.25) is 11.8 Å². The number of carboxylic acid groups (broad SMARTS) is 1. The summed E-state index contributed by atoms with van der Waals surface area (Å²) in [5.74, 6) is -1.18. The molecule has 0 saturated heterocycles. The van der Waals surface area contributed by atoms with Crippen LogP contribution in [0, 0.1) is 11.3 Å². The van der Waals surface area contributed by atoms with Crippen LogP contribution in [0.4, 0.5) is 0 Å². The third kappa shape index (κ3) is 9.40. The Bertz CT molecular complexity index is 722. The van der Waals surface area contributed by atoms with Gasteiger partial charge < -0.3 is 20.5 Å². The molecule has 0 aliphatic heterocycles. The monoisotopic (exact) mass is 434 g/mol. The van der Waals surface area contributed by atoms with Crippen molar-refractivity contribution in [3.63, 3.8) is 0 Å². The zero-order chi connectivity index (χ0) is 23.6. The van der Waals surface area contributed by atoms with Crippen molar-refractivity contribution in [2.45, 2.75) is 72.3 Å². The Morgan fingerprint density at radius 2 is 1.65 bits per heavy atom. The van der Waals surface area contributed by atoms with Gasteiger partial charge in [0.25, 0.3) is 0 Å². The molecule has 0 aliphatic carbocycles. The van der Waals surface area contributed by atoms with Crippen molar-refractivity contribution in [3.8, 4) is 5.75 Å². The first-order valence-corrected chi connectivity index (χ1v) is 10.9. The highest BCUT2D eigenvalue weighted by Crippen LogP contribution is 2.22. The molecule has 3 N–H and O–H groups in total. The maximum absolute atomic E-state index is 12.7. The smallest absolute Gasteiger partial charge is 0.304 e. The molecule has 7 heteroatoms. The van der Waals surface area contributed by atoms with E-state index < -0.39 is 29.3 Å². The Labute approximate surface area is 185 Å². The highest BCUT2D eigenvalue weighted by Gasteiger charge is 2.34. The van der Waals surface area contributed by atoms with E-state index in [2.05, 4.69) is 24.5 Å². The number of unbranched alkanes of at least 4 members (excludes halogenated alkanes) is 1. The first kappa shape index (κ1) is 26.5. The van der Waals surface area contributed by atoms with E-state index in [1.807, 2.05) is 45.0 Å². The van der Waals surface area contributed by atoms with Gasteiger partial charge in [-0.1, -0.05) is 46.8 Å². The van der Waals surface area contributed by atoms with E-state index in [0.29, 0.717) is 31.8 Å². The molecular formula is C24H38N2O5. The lowest BCUT2D eigenvalue weighted by atomic mass is 9.85. The number of carbonyl (C=O) groups excluding carboxylic acids is 2. The Kier molecular flexibility index (Phi) is 10.5. The van der Waals surface area contributed by atoms with E-state index in [9.17, 15) is 19.5 Å². The molecule has 0 fully saturated rings. The Hall–Kier alpha value is -2.57. The van der Waals surface area contributed by atoms with E-state index >= 15 is 0 Å². The number of carbonyl (C=O) groups is 3. The zero-order valence-corrected chi connectivity index (χ0v) is 19.7. The third-order valence-corrected chi connectivity index (χ3v) is 5.22. The Morgan fingerprint density at radius 1 is 1.03 bits per heavy atom. The Morgan fingerprint density at radius 3 is 2.13 bits per heavy atom. The van der Waals surface area contributed by atoms with Crippen LogP contribution < -0.4 is 15.4 Å². The van der Waals surface area contributed by atoms with Crippen LogP contribution in [-0.4, -0.2) is 42.6 Å². The molecule has 2 atom stereocenters. The summed E-state index contributed by atoms with van der Waals surface area (Å²) in [6.07, 6.45) is 1.50. The first-order chi connectivity index (χ1) is 14.5. The minimum atomic E-state index is -1.03. The largest absolute Gasteiger partial charge is 0.494 e. The fraction of sp³-hybridized carbons (Fsp3) is 0.625. The topological polar surface area (TPSA) is 105 Å². The number of rotatable bonds is 12. The summed E-state index contributed by atoms with van der Waals surface area (Å²) < 4.78 is 5.75. The number of hydrogen-bond donors (Lipinski definition) is 3. The minimum absolute atomic E-state index is 0.270. The van der Waals surface area contributed by atoms with Gasteiger partial charge in [0, 0.05) is 13.0 Å². The molecule has 0 aromatic heterocycles. The lowest BCUT2D eigenvalue weighted by molar-refractivity contribution is -0.142. The number of likely N-dealkylation sites (N-methyl/N-ethyl adjacent to an activating group) is 1. The molecule has 0 bridgehead atoms. The van der Waals surface area contributed by atoms with E-state index in [1.54, 1.807) is 0 Å². The predicted molar refractivity (Wildman–Crippen MR) is 121 cm³/mol. The van der Waals surface area contributed by atoms with Crippen molar-refractivity contribution in [3.05, 3.63) is 29.8 Å². The minimum Gasteiger partial charge on any atom is -0.494 e. The number of carboxylic acids is 1. The van der Waals surface area contributed by atoms with Crippen LogP contribution in [0.25, 0.3) is 0 Å². The van der Waals surface area contributed by atoms with Gasteiger partial charge in [-0.05, 0) is 48.3 Å². The van der Waals surface area contributed by atoms with E-state index in [0.717, 1.165) is 5.75 Å². The van der Waals surface area contributed by atoms with Gasteiger partial charge in [0.1, 0.15) is 11.8 Å². The van der Waals surface area contributed by atoms with Gasteiger partial charge in [-0.2, -0.15) is 0 Å². The molecule has 31 heavy (non-hydrogen) atoms. The van der Waals surface area contributed by atoms with Gasteiger partial charge in [-0.3, -0.25) is 14.4 Å². The Balaban J connectivity index is 2.58. The second-order valence-corrected chi connectivity index (χ2v) is 9.28. The van der Waals surface area contributed by atoms with Crippen LogP contribution in [0.15, 0.2) is 24.3 Å². The molecule has 0 radical (unpaired) electrons. The molecule has 0 aliphatic rings. The van der Waals surface area contributed by atoms with Crippen LogP contribution in [-0.2, 0) is 14.4 Å². The molecule has 0 saturated carbocycles. The summed E-state index contributed by atoms with van der Waals surface area (Å²) in [5, 5.41) is 14.5. The van der Waals surface area contributed by atoms with Crippen LogP contribution in [0.2, 0.25) is 0 Å². The average molecular weight is 435 g/mol. The quantitative estimate of drug-likeness (QED) is 0.435. The molecule has 7 nitrogen and oxygen atoms in total. The molecule has 1 aromatic carbocycles. The summed E-state index contributed by atoms with van der Waals surface area (Å²) in [6, 6.07) is 7.25. The summed E-state index contributed by atoms with van der Waals surface area (Å²) in [6.45, 7) is 10.3. The van der Waals surface area contributed by atoms with Gasteiger partial charge in [-0.15, -0.1) is 0 Å². The fourth-order valence-electron chi connectivity index (χ4n) is 3.25. The van der Waals surface area contributed by atoms with E-state index in [4.69, 9.17) is 4.74 Å². The number of hydrogen-bond acceptors (Lipinski definition) is 4. The van der Waals surface area contributed by atoms with Crippen molar-refractivity contribution in [1.29, 1.82) is 0 Å². The lowest BCUT2D eigenvalue weighted by Crippen LogP contribution is -2.54. The van der Waals surface area contributed by atoms with Crippen LogP contribution in [0.1, 0.15) is 71.8 Å². The van der Waals surface area contributed by atoms with Crippen molar-refractivity contribution >= 4 is 17.8 Å².